The monoisotopic (exact) mass is 1680 g/mol. The van der Waals surface area contributed by atoms with Crippen molar-refractivity contribution in [3.05, 3.63) is 90.3 Å². The number of aliphatic hydroxyl groups is 2. The van der Waals surface area contributed by atoms with Gasteiger partial charge in [-0.1, -0.05) is 99.5 Å². The van der Waals surface area contributed by atoms with Gasteiger partial charge in [0.1, 0.15) is 78.4 Å². The molecule has 118 heavy (non-hydrogen) atoms. The number of carbonyl (C=O) groups excluding carboxylic acids is 14. The summed E-state index contributed by atoms with van der Waals surface area (Å²) in [7, 11) is 1.64. The fourth-order valence-electron chi connectivity index (χ4n) is 14.5. The number of nitrogens with zero attached hydrogens (tertiary/aromatic N) is 4. The van der Waals surface area contributed by atoms with Gasteiger partial charge in [-0.2, -0.15) is 0 Å². The van der Waals surface area contributed by atoms with Gasteiger partial charge in [-0.25, -0.2) is 9.98 Å². The van der Waals surface area contributed by atoms with E-state index in [0.717, 1.165) is 21.6 Å². The molecule has 16 atom stereocenters. The highest BCUT2D eigenvalue weighted by Gasteiger charge is 2.47. The Morgan fingerprint density at radius 1 is 0.593 bits per heavy atom. The second-order valence-corrected chi connectivity index (χ2v) is 34.0. The average molecular weight is 1680 g/mol. The lowest BCUT2D eigenvalue weighted by Crippen LogP contribution is -2.61. The standard InChI is InChI=1S/C78H108N20O18S2/c1-37(2)23-52-67(105)83-32-61(100)87-51(20-21-62(101)102)68(106)90-53(24-38(3)4)72(110)95-63(39(5)6)76(114)92-55(26-44-30-82-50-18-13-11-16-48(44)50)70(108)94-58-35-118-117-34-57(93-66(104)41(8)86-75(113)60-27-45(79)33-98(60)77(115)59-19-14-22-97(59)78(116)64(42(9)99)96-74(58)112)73(111)85-40(7)65(103)88-54(25-43-29-81-49-17-12-10-15-47(43)49)69(107)91-56(71(109)89-52)28-46-31-80-36-84-46/h10-13,15-18,29-31,36-42,45,51-57,59-60,63-64,71,81-82,89,99,109H,14,19-28,32-35,79H2,1-9H3,(H,80,84)(H,83,105)(H,85,111)(H,86,113)(H,87,100)(H,88,103)(H,90,106)(H,91,107)(H,92,114)(H,93,104)(H,95,110)(H,96,112)(H,101,102)/b94-58-/t40-,41-,42+,45-,51-,52-,53-,54-,55-,56-,57-,59+,60-,63-,64-,71?/m0/s1. The number of benzene rings is 2. The maximum absolute atomic E-state index is 15.4. The molecule has 38 nitrogen and oxygen atoms in total. The Morgan fingerprint density at radius 2 is 1.19 bits per heavy atom. The number of imidazole rings is 1. The number of aliphatic carboxylic acids is 1. The van der Waals surface area contributed by atoms with Gasteiger partial charge < -0.3 is 104 Å². The van der Waals surface area contributed by atoms with E-state index in [1.54, 1.807) is 102 Å². The third-order valence-electron chi connectivity index (χ3n) is 20.8. The van der Waals surface area contributed by atoms with Gasteiger partial charge in [-0.15, -0.1) is 0 Å². The Balaban J connectivity index is 1.13. The van der Waals surface area contributed by atoms with Crippen LogP contribution >= 0.6 is 21.6 Å². The zero-order chi connectivity index (χ0) is 85.9. The van der Waals surface area contributed by atoms with E-state index in [1.165, 1.54) is 43.1 Å². The van der Waals surface area contributed by atoms with Crippen molar-refractivity contribution in [3.8, 4) is 0 Å². The van der Waals surface area contributed by atoms with Crippen molar-refractivity contribution in [2.75, 3.05) is 31.1 Å². The fraction of sp³-hybridized carbons (Fsp3) is 0.551. The number of aliphatic imine (C=N–C) groups is 1. The molecule has 3 aromatic heterocycles. The van der Waals surface area contributed by atoms with E-state index in [2.05, 4.69) is 88.7 Å². The number of H-pyrrole nitrogens is 3. The molecule has 0 spiro atoms. The van der Waals surface area contributed by atoms with Crippen LogP contribution in [0.15, 0.2) is 78.4 Å². The Kier molecular flexibility index (Phi) is 32.5. The van der Waals surface area contributed by atoms with Crippen LogP contribution in [0.5, 0.6) is 0 Å². The lowest BCUT2D eigenvalue weighted by atomic mass is 9.98. The van der Waals surface area contributed by atoms with Gasteiger partial charge in [0.05, 0.1) is 36.8 Å². The molecule has 0 radical (unpaired) electrons. The van der Waals surface area contributed by atoms with E-state index in [1.807, 2.05) is 0 Å². The van der Waals surface area contributed by atoms with Crippen LogP contribution in [0.4, 0.5) is 0 Å². The second kappa shape index (κ2) is 42.0. The maximum atomic E-state index is 15.4. The van der Waals surface area contributed by atoms with Gasteiger partial charge in [-0.05, 0) is 100 Å². The minimum atomic E-state index is -1.83. The number of amides is 14. The van der Waals surface area contributed by atoms with Gasteiger partial charge >= 0.3 is 5.97 Å². The molecule has 40 heteroatoms. The summed E-state index contributed by atoms with van der Waals surface area (Å²) >= 11 is 0. The first kappa shape index (κ1) is 91.1. The molecule has 14 amide bonds. The third-order valence-corrected chi connectivity index (χ3v) is 23.1. The molecule has 20 N–H and O–H groups in total. The molecule has 3 fully saturated rings. The number of carboxylic acids is 1. The number of rotatable bonds is 15. The highest BCUT2D eigenvalue weighted by Crippen LogP contribution is 2.29. The van der Waals surface area contributed by atoms with E-state index < -0.39 is 228 Å². The first-order valence-electron chi connectivity index (χ1n) is 39.5. The third kappa shape index (κ3) is 24.7. The number of fused-ring (bicyclic) bond motifs is 9. The zero-order valence-corrected chi connectivity index (χ0v) is 68.8. The van der Waals surface area contributed by atoms with Crippen molar-refractivity contribution in [2.24, 2.45) is 28.5 Å². The quantitative estimate of drug-likeness (QED) is 0.0503. The van der Waals surface area contributed by atoms with Crippen LogP contribution in [0, 0.1) is 17.8 Å². The van der Waals surface area contributed by atoms with Crippen LogP contribution in [0.1, 0.15) is 124 Å². The van der Waals surface area contributed by atoms with E-state index in [4.69, 9.17) is 5.73 Å². The van der Waals surface area contributed by atoms with Crippen molar-refractivity contribution >= 4 is 138 Å². The number of para-hydroxylation sites is 2. The molecular weight excluding hydrogens is 1570 g/mol. The summed E-state index contributed by atoms with van der Waals surface area (Å²) in [6.07, 6.45) is 0.812. The second-order valence-electron chi connectivity index (χ2n) is 31.5. The first-order valence-corrected chi connectivity index (χ1v) is 42.0. The summed E-state index contributed by atoms with van der Waals surface area (Å²) in [6.45, 7) is 13.0. The number of aromatic amines is 3. The van der Waals surface area contributed by atoms with Crippen molar-refractivity contribution < 1.29 is 87.2 Å². The molecule has 2 aromatic carbocycles. The fourth-order valence-corrected chi connectivity index (χ4v) is 16.6. The topological polar surface area (TPSA) is 566 Å². The molecular formula is C78H108N20O18S2. The molecule has 0 saturated carbocycles. The lowest BCUT2D eigenvalue weighted by Gasteiger charge is -2.33. The molecule has 5 aromatic rings. The van der Waals surface area contributed by atoms with Gasteiger partial charge in [0.15, 0.2) is 0 Å². The number of carbonyl (C=O) groups is 15. The minimum Gasteiger partial charge on any atom is -0.481 e. The van der Waals surface area contributed by atoms with Crippen LogP contribution < -0.4 is 69.5 Å². The molecule has 4 aliphatic heterocycles. The normalized spacial score (nSPS) is 28.0. The number of hydrogen-bond donors (Lipinski definition) is 19. The summed E-state index contributed by atoms with van der Waals surface area (Å²) in [4.78, 5) is 239. The maximum Gasteiger partial charge on any atom is 0.303 e. The number of carboxylic acid groups (broad SMARTS) is 1. The molecule has 2 bridgehead atoms. The van der Waals surface area contributed by atoms with Crippen LogP contribution in [-0.2, 0) is 91.2 Å². The SMILES string of the molecule is CC(C)C[C@@H]1NC(=O)[C@H](CCC(=O)O)NC(=O)CNC(=O)[C@H](CC(C)C)NC(O)[C@H](Cc2cnc[nH]2)NC(=O)[C@H](Cc2c[nH]c3ccccc23)NC(=O)[C@H](C)NC(=O)[C@@H]2CSSC/C(=N/C(=O)[C@H](Cc3c[nH]c4ccccc34)NC(=O)[C@H](C(C)C)NC1=O)C(=O)N[C@@H]([C@@H](C)O)C(=O)N1CCC[C@@H]1C(=O)N1C[C@@H](N)C[C@H]1C(=O)N[C@@H](C)C(=O)N2. The van der Waals surface area contributed by atoms with Gasteiger partial charge in [0.25, 0.3) is 11.8 Å². The highest BCUT2D eigenvalue weighted by molar-refractivity contribution is 8.76. The number of hydrogen-bond acceptors (Lipinski definition) is 22. The molecule has 640 valence electrons. The summed E-state index contributed by atoms with van der Waals surface area (Å²) in [5.74, 6) is -17.1. The summed E-state index contributed by atoms with van der Waals surface area (Å²) in [5, 5.41) is 66.7. The Hall–Kier alpha value is -10.8. The number of nitrogens with two attached hydrogens (primary N) is 1. The number of aromatic nitrogens is 4. The summed E-state index contributed by atoms with van der Waals surface area (Å²) < 4.78 is 0. The molecule has 7 heterocycles. The molecule has 1 unspecified atom stereocenters. The molecule has 3 saturated heterocycles. The zero-order valence-electron chi connectivity index (χ0n) is 67.2. The molecule has 9 rings (SSSR count). The van der Waals surface area contributed by atoms with Crippen LogP contribution in [0.2, 0.25) is 0 Å². The lowest BCUT2D eigenvalue weighted by molar-refractivity contribution is -0.149. The molecule has 4 aliphatic rings. The van der Waals surface area contributed by atoms with E-state index >= 15 is 19.2 Å². The first-order chi connectivity index (χ1) is 56.0. The Bertz CT molecular complexity index is 4510. The van der Waals surface area contributed by atoms with E-state index in [0.29, 0.717) is 38.6 Å². The van der Waals surface area contributed by atoms with Crippen molar-refractivity contribution in [2.45, 2.75) is 223 Å². The van der Waals surface area contributed by atoms with Crippen LogP contribution in [-0.4, -0.2) is 267 Å². The highest BCUT2D eigenvalue weighted by atomic mass is 33.1. The number of nitrogens with one attached hydrogen (secondary N) is 15. The predicted octanol–water partition coefficient (Wildman–Crippen LogP) is -2.03. The van der Waals surface area contributed by atoms with E-state index in [9.17, 15) is 68.1 Å². The molecule has 0 aliphatic carbocycles. The Labute approximate surface area is 688 Å². The van der Waals surface area contributed by atoms with Crippen LogP contribution in [0.25, 0.3) is 21.8 Å². The van der Waals surface area contributed by atoms with Gasteiger partial charge in [0, 0.05) is 96.7 Å². The van der Waals surface area contributed by atoms with Gasteiger partial charge in [0.2, 0.25) is 70.9 Å². The van der Waals surface area contributed by atoms with Crippen LogP contribution in [0.3, 0.4) is 0 Å². The smallest absolute Gasteiger partial charge is 0.303 e. The van der Waals surface area contributed by atoms with Gasteiger partial charge in [-0.3, -0.25) is 77.2 Å². The largest absolute Gasteiger partial charge is 0.481 e. The van der Waals surface area contributed by atoms with Crippen molar-refractivity contribution in [3.63, 3.8) is 0 Å². The minimum absolute atomic E-state index is 0.0171. The summed E-state index contributed by atoms with van der Waals surface area (Å²) in [5.41, 5.74) is 8.48. The predicted molar refractivity (Wildman–Crippen MR) is 435 cm³/mol. The van der Waals surface area contributed by atoms with Crippen molar-refractivity contribution in [1.82, 2.24) is 93.5 Å². The van der Waals surface area contributed by atoms with Crippen molar-refractivity contribution in [1.29, 1.82) is 0 Å². The average Bonchev–Trinajstić information content (AvgIpc) is 1.63. The summed E-state index contributed by atoms with van der Waals surface area (Å²) in [6, 6.07) is -6.14. The Morgan fingerprint density at radius 3 is 1.81 bits per heavy atom. The number of aliphatic hydroxyl groups excluding tert-OH is 2. The van der Waals surface area contributed by atoms with E-state index in [-0.39, 0.29) is 76.3 Å².